The first kappa shape index (κ1) is 21.9. The molecular weight excluding hydrogens is 412 g/mol. The number of nitrogens with one attached hydrogen (secondary N) is 3. The number of hydrogen-bond donors (Lipinski definition) is 3. The maximum Gasteiger partial charge on any atom is 0.254 e. The third-order valence-electron chi connectivity index (χ3n) is 5.49. The van der Waals surface area contributed by atoms with Gasteiger partial charge in [-0.15, -0.1) is 0 Å². The Hall–Kier alpha value is -3.33. The summed E-state index contributed by atoms with van der Waals surface area (Å²) < 4.78 is 17.2. The molecule has 0 bridgehead atoms. The van der Waals surface area contributed by atoms with E-state index < -0.39 is 0 Å². The Morgan fingerprint density at radius 3 is 2.59 bits per heavy atom. The predicted octanol–water partition coefficient (Wildman–Crippen LogP) is 3.10. The average molecular weight is 441 g/mol. The van der Waals surface area contributed by atoms with Gasteiger partial charge in [0.1, 0.15) is 11.9 Å². The normalized spacial score (nSPS) is 16.2. The van der Waals surface area contributed by atoms with E-state index >= 15 is 0 Å². The van der Waals surface area contributed by atoms with E-state index in [1.54, 1.807) is 20.2 Å². The highest BCUT2D eigenvalue weighted by molar-refractivity contribution is 6.01. The Morgan fingerprint density at radius 2 is 1.91 bits per heavy atom. The van der Waals surface area contributed by atoms with Crippen LogP contribution < -0.4 is 25.4 Å². The molecule has 2 fully saturated rings. The molecule has 4 rings (SSSR count). The highest BCUT2D eigenvalue weighted by Crippen LogP contribution is 2.39. The molecule has 0 spiro atoms. The maximum atomic E-state index is 12.4. The number of rotatable bonds is 8. The zero-order chi connectivity index (χ0) is 22.5. The minimum absolute atomic E-state index is 0.0472. The van der Waals surface area contributed by atoms with Crippen molar-refractivity contribution in [3.05, 3.63) is 36.0 Å². The van der Waals surface area contributed by atoms with Gasteiger partial charge in [0.25, 0.3) is 5.91 Å². The number of nitrogens with zero attached hydrogens (tertiary/aromatic N) is 1. The fourth-order valence-electron chi connectivity index (χ4n) is 3.55. The Labute approximate surface area is 186 Å². The Morgan fingerprint density at radius 1 is 1.12 bits per heavy atom. The quantitative estimate of drug-likeness (QED) is 0.578. The maximum absolute atomic E-state index is 12.4. The molecule has 1 saturated carbocycles. The topological polar surface area (TPSA) is 111 Å². The summed E-state index contributed by atoms with van der Waals surface area (Å²) in [6.07, 6.45) is 4.92. The highest BCUT2D eigenvalue weighted by atomic mass is 16.5. The summed E-state index contributed by atoms with van der Waals surface area (Å²) >= 11 is 0. The molecule has 32 heavy (non-hydrogen) atoms. The lowest BCUT2D eigenvalue weighted by atomic mass is 10.1. The van der Waals surface area contributed by atoms with Crippen LogP contribution in [0.2, 0.25) is 0 Å². The number of ether oxygens (including phenoxy) is 3. The first-order chi connectivity index (χ1) is 15.6. The van der Waals surface area contributed by atoms with Crippen LogP contribution in [0.3, 0.4) is 0 Å². The van der Waals surface area contributed by atoms with Crippen molar-refractivity contribution in [2.75, 3.05) is 38.0 Å². The van der Waals surface area contributed by atoms with E-state index in [4.69, 9.17) is 14.2 Å². The lowest BCUT2D eigenvalue weighted by Crippen LogP contribution is -2.26. The van der Waals surface area contributed by atoms with Gasteiger partial charge in [-0.2, -0.15) is 0 Å². The molecule has 0 atom stereocenters. The molecule has 1 aromatic carbocycles. The number of aromatic nitrogens is 1. The van der Waals surface area contributed by atoms with Crippen LogP contribution in [-0.2, 0) is 9.53 Å². The van der Waals surface area contributed by atoms with Crippen LogP contribution in [-0.4, -0.2) is 50.3 Å². The van der Waals surface area contributed by atoms with Crippen molar-refractivity contribution >= 4 is 29.0 Å². The number of amides is 2. The number of hydrogen-bond acceptors (Lipinski definition) is 7. The van der Waals surface area contributed by atoms with Crippen LogP contribution in [0, 0.1) is 5.92 Å². The second-order valence-electron chi connectivity index (χ2n) is 7.85. The van der Waals surface area contributed by atoms with Gasteiger partial charge in [-0.25, -0.2) is 4.98 Å². The number of carbonyl (C=O) groups excluding carboxylic acids is 2. The van der Waals surface area contributed by atoms with Crippen molar-refractivity contribution in [2.24, 2.45) is 5.92 Å². The van der Waals surface area contributed by atoms with Gasteiger partial charge in [-0.05, 0) is 25.0 Å². The molecule has 1 aliphatic heterocycles. The van der Waals surface area contributed by atoms with Crippen molar-refractivity contribution in [3.8, 4) is 11.5 Å². The molecule has 2 heterocycles. The summed E-state index contributed by atoms with van der Waals surface area (Å²) in [6, 6.07) is 7.20. The molecule has 3 N–H and O–H groups in total. The van der Waals surface area contributed by atoms with E-state index in [0.29, 0.717) is 47.5 Å². The van der Waals surface area contributed by atoms with Crippen molar-refractivity contribution in [1.82, 2.24) is 10.3 Å². The van der Waals surface area contributed by atoms with Crippen LogP contribution in [0.4, 0.5) is 17.2 Å². The molecule has 1 aliphatic carbocycles. The first-order valence-corrected chi connectivity index (χ1v) is 10.8. The van der Waals surface area contributed by atoms with Crippen LogP contribution in [0.1, 0.15) is 36.0 Å². The smallest absolute Gasteiger partial charge is 0.254 e. The Bertz CT molecular complexity index is 986. The monoisotopic (exact) mass is 440 g/mol. The molecule has 170 valence electrons. The molecule has 2 aliphatic rings. The summed E-state index contributed by atoms with van der Waals surface area (Å²) in [5, 5.41) is 8.70. The number of para-hydroxylation sites is 1. The predicted molar refractivity (Wildman–Crippen MR) is 120 cm³/mol. The molecular formula is C23H28N4O5. The van der Waals surface area contributed by atoms with Crippen LogP contribution >= 0.6 is 0 Å². The zero-order valence-corrected chi connectivity index (χ0v) is 18.3. The van der Waals surface area contributed by atoms with E-state index in [-0.39, 0.29) is 23.8 Å². The van der Waals surface area contributed by atoms with Crippen LogP contribution in [0.25, 0.3) is 0 Å². The van der Waals surface area contributed by atoms with Crippen molar-refractivity contribution in [3.63, 3.8) is 0 Å². The molecule has 1 aromatic heterocycles. The third kappa shape index (κ3) is 5.11. The fraction of sp³-hybridized carbons (Fsp3) is 0.435. The molecule has 9 heteroatoms. The zero-order valence-electron chi connectivity index (χ0n) is 18.3. The van der Waals surface area contributed by atoms with Gasteiger partial charge in [-0.1, -0.05) is 6.07 Å². The summed E-state index contributed by atoms with van der Waals surface area (Å²) in [5.74, 6) is 1.22. The third-order valence-corrected chi connectivity index (χ3v) is 5.49. The van der Waals surface area contributed by atoms with Crippen molar-refractivity contribution in [1.29, 1.82) is 0 Å². The largest absolute Gasteiger partial charge is 0.491 e. The van der Waals surface area contributed by atoms with E-state index in [2.05, 4.69) is 20.9 Å². The first-order valence-electron chi connectivity index (χ1n) is 10.8. The van der Waals surface area contributed by atoms with Gasteiger partial charge >= 0.3 is 0 Å². The van der Waals surface area contributed by atoms with Gasteiger partial charge in [0.2, 0.25) is 5.91 Å². The lowest BCUT2D eigenvalue weighted by molar-refractivity contribution is -0.117. The van der Waals surface area contributed by atoms with E-state index in [0.717, 1.165) is 25.7 Å². The molecule has 1 saturated heterocycles. The number of methoxy groups -OCH3 is 1. The summed E-state index contributed by atoms with van der Waals surface area (Å²) in [4.78, 5) is 28.8. The Kier molecular flexibility index (Phi) is 6.75. The van der Waals surface area contributed by atoms with Gasteiger partial charge in [-0.3, -0.25) is 9.59 Å². The average Bonchev–Trinajstić information content (AvgIpc) is 3.65. The SMILES string of the molecule is CNC(=O)c1cnc(NC(=O)C2CC2)cc1Nc1cccc(OC2CCOCC2)c1OC. The number of benzene rings is 1. The summed E-state index contributed by atoms with van der Waals surface area (Å²) in [5.41, 5.74) is 1.47. The highest BCUT2D eigenvalue weighted by Gasteiger charge is 2.30. The van der Waals surface area contributed by atoms with E-state index in [9.17, 15) is 9.59 Å². The second-order valence-corrected chi connectivity index (χ2v) is 7.85. The summed E-state index contributed by atoms with van der Waals surface area (Å²) in [7, 11) is 3.13. The molecule has 0 radical (unpaired) electrons. The lowest BCUT2D eigenvalue weighted by Gasteiger charge is -2.25. The van der Waals surface area contributed by atoms with Crippen molar-refractivity contribution in [2.45, 2.75) is 31.8 Å². The van der Waals surface area contributed by atoms with Crippen molar-refractivity contribution < 1.29 is 23.8 Å². The molecule has 2 amide bonds. The molecule has 2 aromatic rings. The van der Waals surface area contributed by atoms with E-state index in [1.807, 2.05) is 18.2 Å². The van der Waals surface area contributed by atoms with Gasteiger partial charge in [0.05, 0.1) is 37.3 Å². The summed E-state index contributed by atoms with van der Waals surface area (Å²) in [6.45, 7) is 1.35. The minimum Gasteiger partial charge on any atom is -0.491 e. The molecule has 9 nitrogen and oxygen atoms in total. The Balaban J connectivity index is 1.61. The van der Waals surface area contributed by atoms with Gasteiger partial charge in [0.15, 0.2) is 11.5 Å². The fourth-order valence-corrected chi connectivity index (χ4v) is 3.55. The van der Waals surface area contributed by atoms with Gasteiger partial charge in [0, 0.05) is 38.1 Å². The standard InChI is InChI=1S/C23H28N4O5/c1-24-23(29)16-13-25-20(27-22(28)14-6-7-14)12-18(16)26-17-4-3-5-19(21(17)30-2)32-15-8-10-31-11-9-15/h3-5,12-15H,6-11H2,1-2H3,(H,24,29)(H2,25,26,27,28). The van der Waals surface area contributed by atoms with Crippen LogP contribution in [0.5, 0.6) is 11.5 Å². The number of carbonyl (C=O) groups is 2. The van der Waals surface area contributed by atoms with Gasteiger partial charge < -0.3 is 30.2 Å². The minimum atomic E-state index is -0.298. The second kappa shape index (κ2) is 9.86. The van der Waals surface area contributed by atoms with E-state index in [1.165, 1.54) is 6.20 Å². The molecule has 0 unspecified atom stereocenters. The number of anilines is 3. The number of pyridine rings is 1. The van der Waals surface area contributed by atoms with Crippen LogP contribution in [0.15, 0.2) is 30.5 Å².